The van der Waals surface area contributed by atoms with E-state index in [4.69, 9.17) is 4.74 Å². The first kappa shape index (κ1) is 12.7. The minimum atomic E-state index is -1.01. The monoisotopic (exact) mass is 253 g/mol. The van der Waals surface area contributed by atoms with Crippen LogP contribution in [0.25, 0.3) is 0 Å². The molecule has 2 atom stereocenters. The molecule has 7 nitrogen and oxygen atoms in total. The maximum Gasteiger partial charge on any atom is 0.311 e. The number of hydrogen-bond donors (Lipinski definition) is 2. The minimum Gasteiger partial charge on any atom is -0.385 e. The predicted octanol–water partition coefficient (Wildman–Crippen LogP) is 0.942. The number of nitrogens with zero attached hydrogens (tertiary/aromatic N) is 2. The van der Waals surface area contributed by atoms with E-state index in [-0.39, 0.29) is 24.2 Å². The number of nitrogens with one attached hydrogen (secondary N) is 1. The maximum absolute atomic E-state index is 10.8. The van der Waals surface area contributed by atoms with Crippen molar-refractivity contribution >= 4 is 11.5 Å². The van der Waals surface area contributed by atoms with Gasteiger partial charge in [0, 0.05) is 31.8 Å². The Labute approximate surface area is 104 Å². The van der Waals surface area contributed by atoms with Crippen molar-refractivity contribution in [3.05, 3.63) is 28.4 Å². The van der Waals surface area contributed by atoms with Crippen molar-refractivity contribution in [3.63, 3.8) is 0 Å². The van der Waals surface area contributed by atoms with Crippen molar-refractivity contribution in [2.24, 2.45) is 0 Å². The molecule has 98 valence electrons. The van der Waals surface area contributed by atoms with Crippen molar-refractivity contribution in [3.8, 4) is 0 Å². The summed E-state index contributed by atoms with van der Waals surface area (Å²) in [6.45, 7) is 2.44. The smallest absolute Gasteiger partial charge is 0.311 e. The molecule has 18 heavy (non-hydrogen) atoms. The molecule has 1 fully saturated rings. The van der Waals surface area contributed by atoms with E-state index in [1.165, 1.54) is 18.3 Å². The van der Waals surface area contributed by atoms with Crippen molar-refractivity contribution in [2.45, 2.75) is 25.0 Å². The van der Waals surface area contributed by atoms with Gasteiger partial charge in [-0.3, -0.25) is 10.1 Å². The normalized spacial score (nSPS) is 27.1. The molecule has 0 spiro atoms. The molecular weight excluding hydrogens is 238 g/mol. The highest BCUT2D eigenvalue weighted by molar-refractivity contribution is 5.55. The largest absolute Gasteiger partial charge is 0.385 e. The third-order valence-corrected chi connectivity index (χ3v) is 3.20. The van der Waals surface area contributed by atoms with Crippen LogP contribution in [-0.2, 0) is 4.74 Å². The van der Waals surface area contributed by atoms with Gasteiger partial charge in [-0.2, -0.15) is 0 Å². The Kier molecular flexibility index (Phi) is 3.44. The van der Waals surface area contributed by atoms with Crippen LogP contribution in [0.1, 0.15) is 13.3 Å². The molecule has 0 amide bonds. The van der Waals surface area contributed by atoms with Crippen LogP contribution < -0.4 is 5.32 Å². The lowest BCUT2D eigenvalue weighted by Crippen LogP contribution is -2.43. The molecule has 2 rings (SSSR count). The number of nitro groups is 1. The van der Waals surface area contributed by atoms with Crippen LogP contribution in [0.2, 0.25) is 0 Å². The lowest BCUT2D eigenvalue weighted by molar-refractivity contribution is -0.384. The Morgan fingerprint density at radius 3 is 3.17 bits per heavy atom. The average molecular weight is 253 g/mol. The maximum atomic E-state index is 10.8. The van der Waals surface area contributed by atoms with Crippen LogP contribution >= 0.6 is 0 Å². The summed E-state index contributed by atoms with van der Waals surface area (Å²) in [4.78, 5) is 14.2. The Balaban J connectivity index is 2.09. The summed E-state index contributed by atoms with van der Waals surface area (Å²) in [5, 5.41) is 23.9. The van der Waals surface area contributed by atoms with E-state index in [1.54, 1.807) is 6.92 Å². The molecule has 1 aliphatic heterocycles. The molecule has 0 aliphatic carbocycles. The minimum absolute atomic E-state index is 0.104. The molecule has 2 heterocycles. The number of anilines is 1. The van der Waals surface area contributed by atoms with Gasteiger partial charge in [-0.25, -0.2) is 4.98 Å². The number of rotatable bonds is 4. The molecule has 1 aromatic rings. The Morgan fingerprint density at radius 1 is 1.78 bits per heavy atom. The first-order chi connectivity index (χ1) is 8.53. The van der Waals surface area contributed by atoms with Gasteiger partial charge in [0.1, 0.15) is 5.60 Å². The van der Waals surface area contributed by atoms with Gasteiger partial charge in [-0.1, -0.05) is 0 Å². The highest BCUT2D eigenvalue weighted by Gasteiger charge is 2.39. The Bertz CT molecular complexity index is 454. The highest BCUT2D eigenvalue weighted by atomic mass is 16.6. The summed E-state index contributed by atoms with van der Waals surface area (Å²) in [6, 6.07) is 2.87. The van der Waals surface area contributed by atoms with Crippen LogP contribution in [0.4, 0.5) is 11.5 Å². The van der Waals surface area contributed by atoms with Crippen LogP contribution in [0.5, 0.6) is 0 Å². The third-order valence-electron chi connectivity index (χ3n) is 3.20. The van der Waals surface area contributed by atoms with Gasteiger partial charge in [0.05, 0.1) is 11.0 Å². The number of aromatic nitrogens is 1. The van der Waals surface area contributed by atoms with E-state index in [0.717, 1.165) is 0 Å². The SMILES string of the molecule is CC1OCCC1(O)CNc1ncccc1[N+](=O)[O-]. The number of pyridine rings is 1. The van der Waals surface area contributed by atoms with E-state index >= 15 is 0 Å². The molecule has 1 saturated heterocycles. The van der Waals surface area contributed by atoms with Crippen LogP contribution in [-0.4, -0.2) is 39.9 Å². The zero-order valence-electron chi connectivity index (χ0n) is 10.00. The number of aliphatic hydroxyl groups is 1. The fraction of sp³-hybridized carbons (Fsp3) is 0.545. The zero-order chi connectivity index (χ0) is 13.2. The number of ether oxygens (including phenoxy) is 1. The van der Waals surface area contributed by atoms with E-state index in [2.05, 4.69) is 10.3 Å². The first-order valence-corrected chi connectivity index (χ1v) is 5.70. The van der Waals surface area contributed by atoms with Gasteiger partial charge < -0.3 is 15.2 Å². The standard InChI is InChI=1S/C11H15N3O4/c1-8-11(15,4-6-18-8)7-13-10-9(14(16)17)3-2-5-12-10/h2-3,5,8,15H,4,6-7H2,1H3,(H,12,13). The zero-order valence-corrected chi connectivity index (χ0v) is 10.00. The fourth-order valence-corrected chi connectivity index (χ4v) is 1.92. The molecule has 0 bridgehead atoms. The summed E-state index contributed by atoms with van der Waals surface area (Å²) in [7, 11) is 0. The second-order valence-corrected chi connectivity index (χ2v) is 4.35. The van der Waals surface area contributed by atoms with E-state index in [1.807, 2.05) is 0 Å². The quantitative estimate of drug-likeness (QED) is 0.612. The average Bonchev–Trinajstić information content (AvgIpc) is 2.68. The van der Waals surface area contributed by atoms with E-state index in [0.29, 0.717) is 13.0 Å². The molecule has 2 N–H and O–H groups in total. The number of hydrogen-bond acceptors (Lipinski definition) is 6. The molecular formula is C11H15N3O4. The van der Waals surface area contributed by atoms with E-state index in [9.17, 15) is 15.2 Å². The van der Waals surface area contributed by atoms with Gasteiger partial charge in [0.15, 0.2) is 0 Å². The summed E-state index contributed by atoms with van der Waals surface area (Å²) in [6.07, 6.45) is 1.67. The van der Waals surface area contributed by atoms with Gasteiger partial charge >= 0.3 is 5.69 Å². The molecule has 7 heteroatoms. The van der Waals surface area contributed by atoms with Crippen molar-refractivity contribution in [1.29, 1.82) is 0 Å². The molecule has 0 saturated carbocycles. The second-order valence-electron chi connectivity index (χ2n) is 4.35. The van der Waals surface area contributed by atoms with Crippen LogP contribution in [0.3, 0.4) is 0 Å². The van der Waals surface area contributed by atoms with Gasteiger partial charge in [-0.05, 0) is 13.0 Å². The van der Waals surface area contributed by atoms with Crippen molar-refractivity contribution in [2.75, 3.05) is 18.5 Å². The molecule has 1 aliphatic rings. The lowest BCUT2D eigenvalue weighted by atomic mass is 9.97. The molecule has 0 aromatic carbocycles. The fourth-order valence-electron chi connectivity index (χ4n) is 1.92. The van der Waals surface area contributed by atoms with Crippen LogP contribution in [0.15, 0.2) is 18.3 Å². The third kappa shape index (κ3) is 2.41. The summed E-state index contributed by atoms with van der Waals surface area (Å²) >= 11 is 0. The van der Waals surface area contributed by atoms with E-state index < -0.39 is 10.5 Å². The summed E-state index contributed by atoms with van der Waals surface area (Å²) in [5.41, 5.74) is -1.11. The topological polar surface area (TPSA) is 97.5 Å². The molecule has 0 radical (unpaired) electrons. The Hall–Kier alpha value is -1.73. The molecule has 1 aromatic heterocycles. The van der Waals surface area contributed by atoms with Gasteiger partial charge in [0.2, 0.25) is 5.82 Å². The van der Waals surface area contributed by atoms with Crippen molar-refractivity contribution in [1.82, 2.24) is 4.98 Å². The van der Waals surface area contributed by atoms with Crippen LogP contribution in [0, 0.1) is 10.1 Å². The van der Waals surface area contributed by atoms with Crippen molar-refractivity contribution < 1.29 is 14.8 Å². The van der Waals surface area contributed by atoms with Gasteiger partial charge in [0.25, 0.3) is 0 Å². The second kappa shape index (κ2) is 4.87. The summed E-state index contributed by atoms with van der Waals surface area (Å²) in [5.74, 6) is 0.162. The Morgan fingerprint density at radius 2 is 2.56 bits per heavy atom. The predicted molar refractivity (Wildman–Crippen MR) is 64.4 cm³/mol. The molecule has 2 unspecified atom stereocenters. The highest BCUT2D eigenvalue weighted by Crippen LogP contribution is 2.27. The lowest BCUT2D eigenvalue weighted by Gasteiger charge is -2.26. The first-order valence-electron chi connectivity index (χ1n) is 5.70. The van der Waals surface area contributed by atoms with Gasteiger partial charge in [-0.15, -0.1) is 0 Å². The summed E-state index contributed by atoms with van der Waals surface area (Å²) < 4.78 is 5.29.